The molecule has 0 saturated heterocycles. The van der Waals surface area contributed by atoms with Crippen LogP contribution >= 0.6 is 15.9 Å². The fourth-order valence-electron chi connectivity index (χ4n) is 10.2. The Morgan fingerprint density at radius 3 is 1.20 bits per heavy atom. The molecule has 0 atom stereocenters. The predicted octanol–water partition coefficient (Wildman–Crippen LogP) is 8.74. The molecule has 6 heterocycles. The van der Waals surface area contributed by atoms with Gasteiger partial charge in [-0.1, -0.05) is 52.3 Å². The highest BCUT2D eigenvalue weighted by Crippen LogP contribution is 2.30. The summed E-state index contributed by atoms with van der Waals surface area (Å²) in [6.45, 7) is 1.08. The zero-order chi connectivity index (χ0) is 57.2. The minimum absolute atomic E-state index is 0.102. The first-order valence-electron chi connectivity index (χ1n) is 25.4. The Balaban J connectivity index is 0.000000137. The summed E-state index contributed by atoms with van der Waals surface area (Å²) in [5.74, 6) is 1.64. The third-order valence-electron chi connectivity index (χ3n) is 14.3. The highest BCUT2D eigenvalue weighted by atomic mass is 79.9. The molecule has 0 saturated carbocycles. The zero-order valence-corrected chi connectivity index (χ0v) is 47.1. The third kappa shape index (κ3) is 10.5. The number of halogens is 1. The Hall–Kier alpha value is -9.82. The molecule has 6 aromatic carbocycles. The van der Waals surface area contributed by atoms with E-state index < -0.39 is 5.97 Å². The summed E-state index contributed by atoms with van der Waals surface area (Å²) in [6, 6.07) is 39.4. The fraction of sp³-hybridized carbons (Fsp3) is 0.180. The van der Waals surface area contributed by atoms with Crippen LogP contribution in [-0.2, 0) is 45.5 Å². The van der Waals surface area contributed by atoms with E-state index in [9.17, 15) is 24.0 Å². The standard InChI is InChI=1S/C21H20N4O3.C21H19N3O4.C19H16BrN3O2/c1-22-20(26)14-7-8-18-16(10-14)17-11-23-25(21(27)19(17)24(18)2)12-13-5-4-6-15(9-13)28-3;1-23-18-8-7-14(21(26)28-3)10-16(18)17-11-22-24(20(25)19(17)23)12-13-5-4-6-15(9-13)27-2;1-22-17-7-6-13(20)9-15(17)16-10-21-23(19(24)18(16)22)11-12-4-3-5-14(8-12)25-2/h4-11H,12H2,1-3H3,(H,22,26);4-11H,12H2,1-3H3;3-10H,11H2,1-2H3. The van der Waals surface area contributed by atoms with Gasteiger partial charge < -0.3 is 38.0 Å². The molecule has 1 amide bonds. The Morgan fingerprint density at radius 1 is 0.469 bits per heavy atom. The summed E-state index contributed by atoms with van der Waals surface area (Å²) in [5.41, 5.74) is 7.80. The lowest BCUT2D eigenvalue weighted by Crippen LogP contribution is -2.24. The molecule has 0 spiro atoms. The van der Waals surface area contributed by atoms with Crippen LogP contribution in [0.1, 0.15) is 37.4 Å². The van der Waals surface area contributed by atoms with E-state index >= 15 is 0 Å². The second-order valence-electron chi connectivity index (χ2n) is 19.0. The summed E-state index contributed by atoms with van der Waals surface area (Å²) in [7, 11) is 13.4. The molecule has 0 radical (unpaired) electrons. The van der Waals surface area contributed by atoms with Gasteiger partial charge in [-0.05, 0) is 108 Å². The van der Waals surface area contributed by atoms with Gasteiger partial charge >= 0.3 is 5.97 Å². The van der Waals surface area contributed by atoms with Gasteiger partial charge in [-0.2, -0.15) is 15.3 Å². The van der Waals surface area contributed by atoms with Crippen molar-refractivity contribution in [2.75, 3.05) is 35.5 Å². The number of nitrogens with one attached hydrogen (secondary N) is 1. The van der Waals surface area contributed by atoms with Crippen LogP contribution in [0.4, 0.5) is 0 Å². The molecular formula is C61H55BrN10O9. The number of hydrogen-bond donors (Lipinski definition) is 1. The molecule has 12 aromatic rings. The van der Waals surface area contributed by atoms with Crippen LogP contribution in [0.15, 0.2) is 165 Å². The van der Waals surface area contributed by atoms with Crippen LogP contribution in [0.25, 0.3) is 65.4 Å². The lowest BCUT2D eigenvalue weighted by atomic mass is 10.1. The van der Waals surface area contributed by atoms with Gasteiger partial charge in [0, 0.05) is 87.1 Å². The Bertz CT molecular complexity index is 4430. The maximum absolute atomic E-state index is 13.1. The number of carbonyl (C=O) groups excluding carboxylic acids is 2. The van der Waals surface area contributed by atoms with Gasteiger partial charge in [0.05, 0.1) is 72.2 Å². The zero-order valence-electron chi connectivity index (χ0n) is 45.6. The van der Waals surface area contributed by atoms with Crippen LogP contribution in [-0.4, -0.2) is 90.4 Å². The molecule has 0 aliphatic carbocycles. The van der Waals surface area contributed by atoms with E-state index in [0.717, 1.165) is 81.9 Å². The SMILES string of the molecule is CNC(=O)c1ccc2c(c1)c1cnn(Cc3cccc(OC)c3)c(=O)c1n2C.COC(=O)c1ccc2c(c1)c1cnn(Cc3cccc(OC)c3)c(=O)c1n2C.COc1cccc(Cn2ncc3c4cc(Br)ccc4n(C)c3c2=O)c1. The number of aryl methyl sites for hydroxylation is 3. The van der Waals surface area contributed by atoms with Gasteiger partial charge in [-0.3, -0.25) is 19.2 Å². The number of hydrogen-bond acceptors (Lipinski definition) is 12. The largest absolute Gasteiger partial charge is 0.497 e. The smallest absolute Gasteiger partial charge is 0.337 e. The number of ether oxygens (including phenoxy) is 4. The second-order valence-corrected chi connectivity index (χ2v) is 20.0. The van der Waals surface area contributed by atoms with Gasteiger partial charge in [-0.15, -0.1) is 0 Å². The van der Waals surface area contributed by atoms with Crippen molar-refractivity contribution in [3.63, 3.8) is 0 Å². The third-order valence-corrected chi connectivity index (χ3v) is 14.8. The number of fused-ring (bicyclic) bond motifs is 9. The van der Waals surface area contributed by atoms with Crippen molar-refractivity contribution >= 4 is 93.2 Å². The van der Waals surface area contributed by atoms with E-state index in [1.165, 1.54) is 21.2 Å². The maximum Gasteiger partial charge on any atom is 0.337 e. The molecule has 12 rings (SSSR count). The lowest BCUT2D eigenvalue weighted by Gasteiger charge is -2.07. The summed E-state index contributed by atoms with van der Waals surface area (Å²) < 4.78 is 31.5. The Morgan fingerprint density at radius 2 is 0.827 bits per heavy atom. The molecule has 410 valence electrons. The van der Waals surface area contributed by atoms with E-state index in [0.29, 0.717) is 52.7 Å². The first-order valence-corrected chi connectivity index (χ1v) is 26.2. The average molecular weight is 1150 g/mol. The monoisotopic (exact) mass is 1150 g/mol. The number of nitrogens with zero attached hydrogens (tertiary/aromatic N) is 9. The highest BCUT2D eigenvalue weighted by Gasteiger charge is 2.19. The molecule has 20 heteroatoms. The molecule has 1 N–H and O–H groups in total. The van der Waals surface area contributed by atoms with Crippen molar-refractivity contribution in [1.29, 1.82) is 0 Å². The summed E-state index contributed by atoms with van der Waals surface area (Å²) in [4.78, 5) is 63.1. The predicted molar refractivity (Wildman–Crippen MR) is 316 cm³/mol. The molecule has 6 aromatic heterocycles. The van der Waals surface area contributed by atoms with Crippen LogP contribution in [0.5, 0.6) is 17.2 Å². The van der Waals surface area contributed by atoms with Crippen LogP contribution in [0, 0.1) is 0 Å². The molecular weight excluding hydrogens is 1100 g/mol. The summed E-state index contributed by atoms with van der Waals surface area (Å²) in [6.07, 6.45) is 5.12. The molecule has 81 heavy (non-hydrogen) atoms. The van der Waals surface area contributed by atoms with Crippen LogP contribution in [0.3, 0.4) is 0 Å². The van der Waals surface area contributed by atoms with E-state index in [2.05, 4.69) is 36.5 Å². The number of esters is 1. The van der Waals surface area contributed by atoms with E-state index in [1.54, 1.807) is 71.2 Å². The normalized spacial score (nSPS) is 11.2. The van der Waals surface area contributed by atoms with Crippen molar-refractivity contribution in [2.45, 2.75) is 19.6 Å². The number of amides is 1. The average Bonchev–Trinajstić information content (AvgIpc) is 3.72. The van der Waals surface area contributed by atoms with Gasteiger partial charge in [0.1, 0.15) is 33.8 Å². The summed E-state index contributed by atoms with van der Waals surface area (Å²) in [5, 5.41) is 20.7. The van der Waals surface area contributed by atoms with Crippen molar-refractivity contribution in [1.82, 2.24) is 48.4 Å². The van der Waals surface area contributed by atoms with Gasteiger partial charge in [0.15, 0.2) is 0 Å². The number of benzene rings is 6. The van der Waals surface area contributed by atoms with E-state index in [1.807, 2.05) is 138 Å². The minimum Gasteiger partial charge on any atom is -0.497 e. The quantitative estimate of drug-likeness (QED) is 0.121. The number of aromatic nitrogens is 9. The Labute approximate surface area is 470 Å². The van der Waals surface area contributed by atoms with Crippen LogP contribution < -0.4 is 36.2 Å². The minimum atomic E-state index is -0.418. The molecule has 0 bridgehead atoms. The van der Waals surface area contributed by atoms with Crippen molar-refractivity contribution in [3.8, 4) is 17.2 Å². The number of carbonyl (C=O) groups is 2. The summed E-state index contributed by atoms with van der Waals surface area (Å²) >= 11 is 3.49. The van der Waals surface area contributed by atoms with Crippen molar-refractivity contribution in [3.05, 3.63) is 209 Å². The van der Waals surface area contributed by atoms with Gasteiger partial charge in [-0.25, -0.2) is 18.8 Å². The second kappa shape index (κ2) is 22.9. The highest BCUT2D eigenvalue weighted by molar-refractivity contribution is 9.10. The van der Waals surface area contributed by atoms with Gasteiger partial charge in [0.2, 0.25) is 0 Å². The lowest BCUT2D eigenvalue weighted by molar-refractivity contribution is 0.0600. The number of methoxy groups -OCH3 is 4. The van der Waals surface area contributed by atoms with Crippen molar-refractivity contribution < 1.29 is 28.5 Å². The molecule has 0 aliphatic heterocycles. The topological polar surface area (TPSA) is 203 Å². The molecule has 19 nitrogen and oxygen atoms in total. The van der Waals surface area contributed by atoms with Crippen molar-refractivity contribution in [2.24, 2.45) is 21.1 Å². The first kappa shape index (κ1) is 54.5. The maximum atomic E-state index is 13.1. The Kier molecular flexibility index (Phi) is 15.4. The molecule has 0 unspecified atom stereocenters. The molecule has 0 aliphatic rings. The van der Waals surface area contributed by atoms with E-state index in [-0.39, 0.29) is 22.6 Å². The first-order chi connectivity index (χ1) is 39.1. The van der Waals surface area contributed by atoms with E-state index in [4.69, 9.17) is 18.9 Å². The fourth-order valence-corrected chi connectivity index (χ4v) is 10.5. The van der Waals surface area contributed by atoms with Crippen LogP contribution in [0.2, 0.25) is 0 Å². The van der Waals surface area contributed by atoms with Gasteiger partial charge in [0.25, 0.3) is 22.6 Å². The number of rotatable bonds is 11. The molecule has 0 fully saturated rings.